The third kappa shape index (κ3) is 5.13. The molecule has 1 fully saturated rings. The van der Waals surface area contributed by atoms with Gasteiger partial charge in [0.15, 0.2) is 0 Å². The molecule has 1 aliphatic rings. The summed E-state index contributed by atoms with van der Waals surface area (Å²) in [6.07, 6.45) is 3.56. The van der Waals surface area contributed by atoms with Gasteiger partial charge in [0.25, 0.3) is 0 Å². The van der Waals surface area contributed by atoms with Crippen molar-refractivity contribution in [1.29, 1.82) is 0 Å². The van der Waals surface area contributed by atoms with Gasteiger partial charge in [-0.15, -0.1) is 11.8 Å². The number of thioether (sulfide) groups is 1. The molecule has 19 heavy (non-hydrogen) atoms. The summed E-state index contributed by atoms with van der Waals surface area (Å²) < 4.78 is 18.2. The number of ether oxygens (including phenoxy) is 1. The van der Waals surface area contributed by atoms with E-state index in [0.717, 1.165) is 29.8 Å². The van der Waals surface area contributed by atoms with Gasteiger partial charge in [0.05, 0.1) is 0 Å². The summed E-state index contributed by atoms with van der Waals surface area (Å²) in [5, 5.41) is 3.40. The number of benzene rings is 1. The van der Waals surface area contributed by atoms with Gasteiger partial charge in [-0.05, 0) is 56.5 Å². The van der Waals surface area contributed by atoms with Gasteiger partial charge in [0.1, 0.15) is 5.82 Å². The van der Waals surface area contributed by atoms with E-state index < -0.39 is 0 Å². The van der Waals surface area contributed by atoms with Gasteiger partial charge >= 0.3 is 0 Å². The summed E-state index contributed by atoms with van der Waals surface area (Å²) in [5.74, 6) is 1.64. The Hall–Kier alpha value is -0.580. The molecule has 1 saturated heterocycles. The molecule has 4 heteroatoms. The minimum atomic E-state index is -0.170. The highest BCUT2D eigenvalue weighted by Gasteiger charge is 2.18. The Bertz CT molecular complexity index is 365. The van der Waals surface area contributed by atoms with Crippen molar-refractivity contribution in [2.45, 2.75) is 30.2 Å². The monoisotopic (exact) mass is 283 g/mol. The highest BCUT2D eigenvalue weighted by atomic mass is 32.2. The van der Waals surface area contributed by atoms with Crippen LogP contribution < -0.4 is 5.32 Å². The lowest BCUT2D eigenvalue weighted by Gasteiger charge is -2.26. The van der Waals surface area contributed by atoms with Gasteiger partial charge in [-0.2, -0.15) is 0 Å². The van der Waals surface area contributed by atoms with Crippen LogP contribution in [0.15, 0.2) is 29.2 Å². The highest BCUT2D eigenvalue weighted by molar-refractivity contribution is 7.99. The second-order valence-electron chi connectivity index (χ2n) is 5.04. The van der Waals surface area contributed by atoms with Crippen molar-refractivity contribution < 1.29 is 9.13 Å². The number of hydrogen-bond acceptors (Lipinski definition) is 3. The van der Waals surface area contributed by atoms with Crippen LogP contribution in [-0.4, -0.2) is 32.1 Å². The fourth-order valence-corrected chi connectivity index (χ4v) is 3.41. The van der Waals surface area contributed by atoms with E-state index in [4.69, 9.17) is 4.74 Å². The van der Waals surface area contributed by atoms with E-state index in [2.05, 4.69) is 5.32 Å². The summed E-state index contributed by atoms with van der Waals surface area (Å²) in [4.78, 5) is 1.13. The van der Waals surface area contributed by atoms with Crippen LogP contribution in [0.2, 0.25) is 0 Å². The molecular formula is C15H22FNOS. The quantitative estimate of drug-likeness (QED) is 0.809. The molecular weight excluding hydrogens is 261 g/mol. The van der Waals surface area contributed by atoms with Gasteiger partial charge in [0.2, 0.25) is 0 Å². The Kier molecular flexibility index (Phi) is 6.14. The Morgan fingerprint density at radius 3 is 2.63 bits per heavy atom. The van der Waals surface area contributed by atoms with E-state index >= 15 is 0 Å². The molecule has 1 aromatic carbocycles. The van der Waals surface area contributed by atoms with E-state index in [9.17, 15) is 4.39 Å². The van der Waals surface area contributed by atoms with Crippen molar-refractivity contribution in [2.24, 2.45) is 5.92 Å². The van der Waals surface area contributed by atoms with Crippen LogP contribution >= 0.6 is 11.8 Å². The average molecular weight is 283 g/mol. The molecule has 1 aromatic rings. The van der Waals surface area contributed by atoms with Crippen molar-refractivity contribution in [3.05, 3.63) is 30.1 Å². The molecule has 1 heterocycles. The first kappa shape index (κ1) is 14.8. The number of hydrogen-bond donors (Lipinski definition) is 1. The molecule has 0 radical (unpaired) electrons. The number of nitrogens with one attached hydrogen (secondary N) is 1. The van der Waals surface area contributed by atoms with Crippen LogP contribution in [0, 0.1) is 11.7 Å². The van der Waals surface area contributed by atoms with Crippen LogP contribution in [0.3, 0.4) is 0 Å². The fourth-order valence-electron chi connectivity index (χ4n) is 2.38. The SMILES string of the molecule is CNC(CSc1ccc(F)cc1)CC1CCOCC1. The summed E-state index contributed by atoms with van der Waals surface area (Å²) in [7, 11) is 2.02. The third-order valence-corrected chi connectivity index (χ3v) is 4.81. The summed E-state index contributed by atoms with van der Waals surface area (Å²) in [5.41, 5.74) is 0. The molecule has 1 unspecified atom stereocenters. The second kappa shape index (κ2) is 7.88. The third-order valence-electron chi connectivity index (χ3n) is 3.63. The van der Waals surface area contributed by atoms with Crippen LogP contribution in [0.4, 0.5) is 4.39 Å². The fraction of sp³-hybridized carbons (Fsp3) is 0.600. The molecule has 1 aliphatic heterocycles. The lowest BCUT2D eigenvalue weighted by atomic mass is 9.93. The minimum Gasteiger partial charge on any atom is -0.381 e. The van der Waals surface area contributed by atoms with Gasteiger partial charge in [0, 0.05) is 29.9 Å². The maximum atomic E-state index is 12.8. The molecule has 2 rings (SSSR count). The first-order chi connectivity index (χ1) is 9.28. The number of rotatable bonds is 6. The second-order valence-corrected chi connectivity index (χ2v) is 6.14. The molecule has 0 bridgehead atoms. The van der Waals surface area contributed by atoms with Crippen LogP contribution in [0.25, 0.3) is 0 Å². The summed E-state index contributed by atoms with van der Waals surface area (Å²) in [6, 6.07) is 7.25. The van der Waals surface area contributed by atoms with E-state index in [-0.39, 0.29) is 5.82 Å². The number of halogens is 1. The van der Waals surface area contributed by atoms with Crippen LogP contribution in [0.5, 0.6) is 0 Å². The van der Waals surface area contributed by atoms with E-state index in [1.165, 1.54) is 31.4 Å². The lowest BCUT2D eigenvalue weighted by molar-refractivity contribution is 0.0616. The molecule has 1 atom stereocenters. The Labute approximate surface area is 119 Å². The lowest BCUT2D eigenvalue weighted by Crippen LogP contribution is -2.32. The molecule has 0 aromatic heterocycles. The van der Waals surface area contributed by atoms with Crippen molar-refractivity contribution in [1.82, 2.24) is 5.32 Å². The zero-order valence-electron chi connectivity index (χ0n) is 11.4. The maximum absolute atomic E-state index is 12.8. The van der Waals surface area contributed by atoms with Crippen molar-refractivity contribution in [3.8, 4) is 0 Å². The van der Waals surface area contributed by atoms with Crippen LogP contribution in [0.1, 0.15) is 19.3 Å². The predicted octanol–water partition coefficient (Wildman–Crippen LogP) is 3.32. The molecule has 2 nitrogen and oxygen atoms in total. The van der Waals surface area contributed by atoms with Gasteiger partial charge in [-0.1, -0.05) is 0 Å². The molecule has 0 spiro atoms. The first-order valence-electron chi connectivity index (χ1n) is 6.91. The zero-order chi connectivity index (χ0) is 13.5. The van der Waals surface area contributed by atoms with Gasteiger partial charge in [-0.3, -0.25) is 0 Å². The van der Waals surface area contributed by atoms with Gasteiger partial charge < -0.3 is 10.1 Å². The smallest absolute Gasteiger partial charge is 0.123 e. The standard InChI is InChI=1S/C15H22FNOS/c1-17-14(10-12-6-8-18-9-7-12)11-19-15-4-2-13(16)3-5-15/h2-5,12,14,17H,6-11H2,1H3. The first-order valence-corrected chi connectivity index (χ1v) is 7.90. The zero-order valence-corrected chi connectivity index (χ0v) is 12.2. The van der Waals surface area contributed by atoms with Crippen LogP contribution in [-0.2, 0) is 4.74 Å². The van der Waals surface area contributed by atoms with E-state index in [1.807, 2.05) is 19.2 Å². The molecule has 106 valence electrons. The molecule has 0 amide bonds. The normalized spacial score (nSPS) is 18.4. The average Bonchev–Trinajstić information content (AvgIpc) is 2.46. The van der Waals surface area contributed by atoms with E-state index in [0.29, 0.717) is 6.04 Å². The topological polar surface area (TPSA) is 21.3 Å². The Morgan fingerprint density at radius 2 is 2.00 bits per heavy atom. The Morgan fingerprint density at radius 1 is 1.32 bits per heavy atom. The van der Waals surface area contributed by atoms with E-state index in [1.54, 1.807) is 11.8 Å². The summed E-state index contributed by atoms with van der Waals surface area (Å²) >= 11 is 1.79. The Balaban J connectivity index is 1.76. The van der Waals surface area contributed by atoms with Gasteiger partial charge in [-0.25, -0.2) is 4.39 Å². The van der Waals surface area contributed by atoms with Crippen molar-refractivity contribution in [3.63, 3.8) is 0 Å². The molecule has 1 N–H and O–H groups in total. The minimum absolute atomic E-state index is 0.170. The highest BCUT2D eigenvalue weighted by Crippen LogP contribution is 2.24. The van der Waals surface area contributed by atoms with Crippen molar-refractivity contribution in [2.75, 3.05) is 26.0 Å². The maximum Gasteiger partial charge on any atom is 0.123 e. The largest absolute Gasteiger partial charge is 0.381 e. The summed E-state index contributed by atoms with van der Waals surface area (Å²) in [6.45, 7) is 1.82. The molecule has 0 saturated carbocycles. The predicted molar refractivity (Wildman–Crippen MR) is 78.1 cm³/mol. The molecule has 0 aliphatic carbocycles. The van der Waals surface area contributed by atoms with Crippen molar-refractivity contribution >= 4 is 11.8 Å².